The minimum absolute atomic E-state index is 0.0684. The van der Waals surface area contributed by atoms with Crippen LogP contribution in [0.25, 0.3) is 0 Å². The molecule has 0 aliphatic carbocycles. The van der Waals surface area contributed by atoms with Crippen molar-refractivity contribution in [1.82, 2.24) is 5.09 Å². The summed E-state index contributed by atoms with van der Waals surface area (Å²) in [6.07, 6.45) is 0. The average Bonchev–Trinajstić information content (AvgIpc) is 2.40. The predicted octanol–water partition coefficient (Wildman–Crippen LogP) is 4.65. The first-order chi connectivity index (χ1) is 9.66. The van der Waals surface area contributed by atoms with Crippen molar-refractivity contribution in [3.63, 3.8) is 0 Å². The number of ketones is 1. The van der Waals surface area contributed by atoms with Gasteiger partial charge in [0, 0.05) is 0 Å². The highest BCUT2D eigenvalue weighted by Gasteiger charge is 2.41. The molecule has 0 radical (unpaired) electrons. The fourth-order valence-corrected chi connectivity index (χ4v) is 3.16. The summed E-state index contributed by atoms with van der Waals surface area (Å²) in [7, 11) is -3.21. The molecule has 0 saturated carbocycles. The van der Waals surface area contributed by atoms with Crippen LogP contribution in [-0.4, -0.2) is 17.0 Å². The molecule has 2 unspecified atom stereocenters. The summed E-state index contributed by atoms with van der Waals surface area (Å²) in [5.41, 5.74) is 0. The van der Waals surface area contributed by atoms with Gasteiger partial charge < -0.3 is 4.52 Å². The van der Waals surface area contributed by atoms with Crippen LogP contribution < -0.4 is 9.61 Å². The highest BCUT2D eigenvalue weighted by molar-refractivity contribution is 7.59. The average molecular weight is 313 g/mol. The van der Waals surface area contributed by atoms with E-state index in [-0.39, 0.29) is 5.78 Å². The second-order valence-electron chi connectivity index (χ2n) is 5.59. The van der Waals surface area contributed by atoms with E-state index in [2.05, 4.69) is 5.09 Å². The number of carbonyl (C=O) groups excluding carboxylic acids is 1. The second kappa shape index (κ2) is 8.35. The molecule has 1 aromatic rings. The van der Waals surface area contributed by atoms with Gasteiger partial charge in [-0.25, -0.2) is 5.09 Å². The van der Waals surface area contributed by atoms with Crippen molar-refractivity contribution >= 4 is 13.3 Å². The summed E-state index contributed by atoms with van der Waals surface area (Å²) in [5.74, 6) is 0.463. The summed E-state index contributed by atoms with van der Waals surface area (Å²) < 4.78 is 18.7. The van der Waals surface area contributed by atoms with Gasteiger partial charge in [0.15, 0.2) is 0 Å². The number of para-hydroxylation sites is 1. The number of hydrogen-bond donors (Lipinski definition) is 1. The third-order valence-electron chi connectivity index (χ3n) is 2.83. The fourth-order valence-electron chi connectivity index (χ4n) is 1.33. The Labute approximate surface area is 128 Å². The molecular formula is C16H28NO3P. The van der Waals surface area contributed by atoms with Gasteiger partial charge >= 0.3 is 7.52 Å². The van der Waals surface area contributed by atoms with Crippen molar-refractivity contribution in [3.8, 4) is 5.75 Å². The Bertz CT molecular complexity index is 480. The lowest BCUT2D eigenvalue weighted by Crippen LogP contribution is -2.37. The molecule has 1 N–H and O–H groups in total. The maximum atomic E-state index is 13.0. The zero-order chi connectivity index (χ0) is 16.7. The third-order valence-corrected chi connectivity index (χ3v) is 5.80. The van der Waals surface area contributed by atoms with Crippen molar-refractivity contribution < 1.29 is 13.9 Å². The van der Waals surface area contributed by atoms with Crippen LogP contribution in [0.1, 0.15) is 48.5 Å². The van der Waals surface area contributed by atoms with Crippen LogP contribution in [0.15, 0.2) is 30.3 Å². The number of carbonyl (C=O) groups is 1. The van der Waals surface area contributed by atoms with E-state index in [4.69, 9.17) is 4.52 Å². The van der Waals surface area contributed by atoms with Crippen LogP contribution in [0, 0.1) is 0 Å². The van der Waals surface area contributed by atoms with E-state index in [9.17, 15) is 9.36 Å². The standard InChI is InChI=1S/C14H22NO3P.C2H6/c1-11(12(2)16)15-19(17,14(3,4)5)18-13-9-7-6-8-10-13;1-2/h6-11H,1-5H3,(H,15,17);1-2H3. The zero-order valence-electron chi connectivity index (χ0n) is 14.1. The number of Topliss-reactive ketones (excluding diaryl/α,β-unsaturated/α-hetero) is 1. The normalized spacial score (nSPS) is 15.2. The molecule has 0 amide bonds. The Morgan fingerprint density at radius 2 is 1.67 bits per heavy atom. The largest absolute Gasteiger partial charge is 0.432 e. The molecule has 0 aliphatic rings. The van der Waals surface area contributed by atoms with Crippen molar-refractivity contribution in [1.29, 1.82) is 0 Å². The predicted molar refractivity (Wildman–Crippen MR) is 89.1 cm³/mol. The smallest absolute Gasteiger partial charge is 0.322 e. The van der Waals surface area contributed by atoms with Gasteiger partial charge in [0.1, 0.15) is 11.5 Å². The van der Waals surface area contributed by atoms with Gasteiger partial charge in [-0.3, -0.25) is 9.36 Å². The van der Waals surface area contributed by atoms with Crippen molar-refractivity contribution in [2.24, 2.45) is 0 Å². The lowest BCUT2D eigenvalue weighted by Gasteiger charge is -2.33. The van der Waals surface area contributed by atoms with Gasteiger partial charge in [-0.1, -0.05) is 32.0 Å². The summed E-state index contributed by atoms with van der Waals surface area (Å²) in [4.78, 5) is 11.4. The molecule has 4 nitrogen and oxygen atoms in total. The van der Waals surface area contributed by atoms with Gasteiger partial charge in [0.2, 0.25) is 0 Å². The maximum Gasteiger partial charge on any atom is 0.322 e. The van der Waals surface area contributed by atoms with Gasteiger partial charge in [-0.05, 0) is 46.8 Å². The van der Waals surface area contributed by atoms with Crippen LogP contribution in [0.2, 0.25) is 0 Å². The Morgan fingerprint density at radius 1 is 1.19 bits per heavy atom. The highest BCUT2D eigenvalue weighted by atomic mass is 31.2. The van der Waals surface area contributed by atoms with Crippen LogP contribution in [0.3, 0.4) is 0 Å². The minimum Gasteiger partial charge on any atom is -0.432 e. The van der Waals surface area contributed by atoms with Crippen molar-refractivity contribution in [3.05, 3.63) is 30.3 Å². The number of benzene rings is 1. The van der Waals surface area contributed by atoms with E-state index < -0.39 is 18.7 Å². The Kier molecular flexibility index (Phi) is 7.91. The summed E-state index contributed by atoms with van der Waals surface area (Å²) in [6.45, 7) is 12.6. The molecule has 1 rings (SSSR count). The Morgan fingerprint density at radius 3 is 2.05 bits per heavy atom. The topological polar surface area (TPSA) is 55.4 Å². The molecule has 5 heteroatoms. The number of rotatable bonds is 5. The highest BCUT2D eigenvalue weighted by Crippen LogP contribution is 2.55. The van der Waals surface area contributed by atoms with Crippen LogP contribution in [-0.2, 0) is 9.36 Å². The first kappa shape index (κ1) is 19.9. The van der Waals surface area contributed by atoms with Crippen LogP contribution in [0.4, 0.5) is 0 Å². The molecule has 0 fully saturated rings. The van der Waals surface area contributed by atoms with Gasteiger partial charge in [-0.15, -0.1) is 0 Å². The SMILES string of the molecule is CC.CC(=O)C(C)NP(=O)(Oc1ccccc1)C(C)(C)C. The Balaban J connectivity index is 0.00000191. The van der Waals surface area contributed by atoms with Crippen molar-refractivity contribution in [2.45, 2.75) is 59.7 Å². The fraction of sp³-hybridized carbons (Fsp3) is 0.562. The van der Waals surface area contributed by atoms with Gasteiger partial charge in [0.05, 0.1) is 11.2 Å². The van der Waals surface area contributed by atoms with E-state index in [0.717, 1.165) is 0 Å². The monoisotopic (exact) mass is 313 g/mol. The van der Waals surface area contributed by atoms with E-state index in [0.29, 0.717) is 5.75 Å². The van der Waals surface area contributed by atoms with Crippen LogP contribution in [0.5, 0.6) is 5.75 Å². The lowest BCUT2D eigenvalue weighted by molar-refractivity contribution is -0.118. The molecule has 120 valence electrons. The molecular weight excluding hydrogens is 285 g/mol. The maximum absolute atomic E-state index is 13.0. The molecule has 1 aromatic carbocycles. The van der Waals surface area contributed by atoms with E-state index >= 15 is 0 Å². The molecule has 0 saturated heterocycles. The summed E-state index contributed by atoms with van der Waals surface area (Å²) in [6, 6.07) is 8.49. The van der Waals surface area contributed by atoms with Crippen LogP contribution >= 0.6 is 7.52 Å². The molecule has 0 heterocycles. The molecule has 0 aliphatic heterocycles. The molecule has 21 heavy (non-hydrogen) atoms. The lowest BCUT2D eigenvalue weighted by atomic mass is 10.3. The zero-order valence-corrected chi connectivity index (χ0v) is 15.0. The first-order valence-electron chi connectivity index (χ1n) is 7.29. The second-order valence-corrected chi connectivity index (χ2v) is 8.47. The number of nitrogens with one attached hydrogen (secondary N) is 1. The van der Waals surface area contributed by atoms with Crippen molar-refractivity contribution in [2.75, 3.05) is 0 Å². The molecule has 2 atom stereocenters. The summed E-state index contributed by atoms with van der Waals surface area (Å²) >= 11 is 0. The summed E-state index contributed by atoms with van der Waals surface area (Å²) in [5, 5.41) is 2.26. The minimum atomic E-state index is -3.21. The number of hydrogen-bond acceptors (Lipinski definition) is 3. The molecule has 0 bridgehead atoms. The van der Waals surface area contributed by atoms with Gasteiger partial charge in [0.25, 0.3) is 0 Å². The van der Waals surface area contributed by atoms with Gasteiger partial charge in [-0.2, -0.15) is 0 Å². The molecule has 0 aromatic heterocycles. The quantitative estimate of drug-likeness (QED) is 0.804. The van der Waals surface area contributed by atoms with E-state index in [1.165, 1.54) is 6.92 Å². The molecule has 0 spiro atoms. The Hall–Kier alpha value is -1.12. The van der Waals surface area contributed by atoms with E-state index in [1.54, 1.807) is 19.1 Å². The third kappa shape index (κ3) is 6.03. The first-order valence-corrected chi connectivity index (χ1v) is 8.91. The van der Waals surface area contributed by atoms with E-state index in [1.807, 2.05) is 52.8 Å².